The van der Waals surface area contributed by atoms with Crippen LogP contribution in [-0.2, 0) is 6.42 Å². The minimum Gasteiger partial charge on any atom is -0.392 e. The zero-order valence-electron chi connectivity index (χ0n) is 11.6. The maximum absolute atomic E-state index is 11.3. The number of aryl methyl sites for hydroxylation is 1. The Morgan fingerprint density at radius 2 is 2.11 bits per heavy atom. The molecular formula is C12H22N4O3. The molecule has 7 nitrogen and oxygen atoms in total. The second-order valence-corrected chi connectivity index (χ2v) is 4.79. The molecule has 0 saturated carbocycles. The Morgan fingerprint density at radius 1 is 1.37 bits per heavy atom. The molecule has 1 atom stereocenters. The van der Waals surface area contributed by atoms with E-state index in [0.29, 0.717) is 24.7 Å². The van der Waals surface area contributed by atoms with Gasteiger partial charge in [0.15, 0.2) is 5.82 Å². The highest BCUT2D eigenvalue weighted by Gasteiger charge is 2.09. The van der Waals surface area contributed by atoms with Gasteiger partial charge in [-0.25, -0.2) is 4.79 Å². The fourth-order valence-corrected chi connectivity index (χ4v) is 1.35. The highest BCUT2D eigenvalue weighted by Crippen LogP contribution is 2.10. The van der Waals surface area contributed by atoms with Gasteiger partial charge in [0.2, 0.25) is 5.89 Å². The normalized spacial score (nSPS) is 12.5. The SMILES string of the molecule is CC(C)c1noc(CCCNC(=O)NC[C@@H](C)O)n1. The molecule has 19 heavy (non-hydrogen) atoms. The fourth-order valence-electron chi connectivity index (χ4n) is 1.35. The third kappa shape index (κ3) is 6.19. The van der Waals surface area contributed by atoms with E-state index in [1.54, 1.807) is 6.92 Å². The van der Waals surface area contributed by atoms with E-state index >= 15 is 0 Å². The van der Waals surface area contributed by atoms with Crippen LogP contribution in [0.4, 0.5) is 4.79 Å². The van der Waals surface area contributed by atoms with Crippen molar-refractivity contribution in [2.24, 2.45) is 0 Å². The topological polar surface area (TPSA) is 100 Å². The molecule has 2 amide bonds. The summed E-state index contributed by atoms with van der Waals surface area (Å²) in [6.07, 6.45) is 0.816. The van der Waals surface area contributed by atoms with Crippen LogP contribution in [0, 0.1) is 0 Å². The number of urea groups is 1. The van der Waals surface area contributed by atoms with Crippen LogP contribution in [-0.4, -0.2) is 40.5 Å². The summed E-state index contributed by atoms with van der Waals surface area (Å²) in [6, 6.07) is -0.283. The number of hydrogen-bond donors (Lipinski definition) is 3. The summed E-state index contributed by atoms with van der Waals surface area (Å²) in [5, 5.41) is 18.1. The zero-order chi connectivity index (χ0) is 14.3. The Bertz CT molecular complexity index is 390. The van der Waals surface area contributed by atoms with Gasteiger partial charge >= 0.3 is 6.03 Å². The van der Waals surface area contributed by atoms with Gasteiger partial charge in [-0.2, -0.15) is 4.98 Å². The molecule has 0 aliphatic carbocycles. The van der Waals surface area contributed by atoms with Crippen molar-refractivity contribution >= 4 is 6.03 Å². The molecule has 3 N–H and O–H groups in total. The van der Waals surface area contributed by atoms with Crippen LogP contribution in [0.25, 0.3) is 0 Å². The van der Waals surface area contributed by atoms with E-state index in [1.165, 1.54) is 0 Å². The molecule has 0 bridgehead atoms. The summed E-state index contributed by atoms with van der Waals surface area (Å²) in [5.74, 6) is 1.55. The minimum atomic E-state index is -0.543. The smallest absolute Gasteiger partial charge is 0.314 e. The summed E-state index contributed by atoms with van der Waals surface area (Å²) in [6.45, 7) is 6.38. The van der Waals surface area contributed by atoms with Crippen molar-refractivity contribution < 1.29 is 14.4 Å². The molecule has 0 spiro atoms. The highest BCUT2D eigenvalue weighted by atomic mass is 16.5. The summed E-state index contributed by atoms with van der Waals surface area (Å²) in [4.78, 5) is 15.5. The first kappa shape index (κ1) is 15.4. The average Bonchev–Trinajstić information content (AvgIpc) is 2.81. The monoisotopic (exact) mass is 270 g/mol. The minimum absolute atomic E-state index is 0.243. The lowest BCUT2D eigenvalue weighted by molar-refractivity contribution is 0.187. The molecule has 0 aliphatic rings. The highest BCUT2D eigenvalue weighted by molar-refractivity contribution is 5.73. The summed E-state index contributed by atoms with van der Waals surface area (Å²) < 4.78 is 5.09. The van der Waals surface area contributed by atoms with Gasteiger partial charge in [0.25, 0.3) is 0 Å². The molecule has 1 rings (SSSR count). The predicted molar refractivity (Wildman–Crippen MR) is 69.8 cm³/mol. The number of nitrogens with zero attached hydrogens (tertiary/aromatic N) is 2. The summed E-state index contributed by atoms with van der Waals surface area (Å²) >= 11 is 0. The molecule has 0 aromatic carbocycles. The number of carbonyl (C=O) groups excluding carboxylic acids is 1. The van der Waals surface area contributed by atoms with Crippen LogP contribution >= 0.6 is 0 Å². The average molecular weight is 270 g/mol. The molecule has 0 fully saturated rings. The molecule has 0 unspecified atom stereocenters. The van der Waals surface area contributed by atoms with Crippen molar-refractivity contribution in [3.8, 4) is 0 Å². The van der Waals surface area contributed by atoms with Gasteiger partial charge in [-0.15, -0.1) is 0 Å². The first-order valence-electron chi connectivity index (χ1n) is 6.51. The van der Waals surface area contributed by atoms with E-state index in [9.17, 15) is 4.79 Å². The second kappa shape index (κ2) is 7.73. The third-order valence-corrected chi connectivity index (χ3v) is 2.41. The number of aliphatic hydroxyl groups is 1. The van der Waals surface area contributed by atoms with Crippen molar-refractivity contribution in [3.05, 3.63) is 11.7 Å². The van der Waals surface area contributed by atoms with Crippen LogP contribution in [0.3, 0.4) is 0 Å². The largest absolute Gasteiger partial charge is 0.392 e. The van der Waals surface area contributed by atoms with Crippen molar-refractivity contribution in [3.63, 3.8) is 0 Å². The molecule has 108 valence electrons. The lowest BCUT2D eigenvalue weighted by Crippen LogP contribution is -2.39. The van der Waals surface area contributed by atoms with Gasteiger partial charge in [0, 0.05) is 25.4 Å². The van der Waals surface area contributed by atoms with Gasteiger partial charge in [0.1, 0.15) is 0 Å². The van der Waals surface area contributed by atoms with Gasteiger partial charge in [-0.3, -0.25) is 0 Å². The van der Waals surface area contributed by atoms with Gasteiger partial charge in [-0.05, 0) is 13.3 Å². The Labute approximate surface area is 112 Å². The van der Waals surface area contributed by atoms with Crippen molar-refractivity contribution in [1.29, 1.82) is 0 Å². The van der Waals surface area contributed by atoms with Gasteiger partial charge in [0.05, 0.1) is 6.10 Å². The van der Waals surface area contributed by atoms with Crippen LogP contribution in [0.15, 0.2) is 4.52 Å². The summed E-state index contributed by atoms with van der Waals surface area (Å²) in [5.41, 5.74) is 0. The third-order valence-electron chi connectivity index (χ3n) is 2.41. The molecule has 0 aliphatic heterocycles. The number of hydrogen-bond acceptors (Lipinski definition) is 5. The lowest BCUT2D eigenvalue weighted by Gasteiger charge is -2.08. The summed E-state index contributed by atoms with van der Waals surface area (Å²) in [7, 11) is 0. The molecule has 7 heteroatoms. The van der Waals surface area contributed by atoms with Crippen LogP contribution in [0.5, 0.6) is 0 Å². The first-order valence-corrected chi connectivity index (χ1v) is 6.51. The molecule has 1 heterocycles. The van der Waals surface area contributed by atoms with Crippen LogP contribution < -0.4 is 10.6 Å². The number of aromatic nitrogens is 2. The quantitative estimate of drug-likeness (QED) is 0.636. The maximum Gasteiger partial charge on any atom is 0.314 e. The standard InChI is InChI=1S/C12H22N4O3/c1-8(2)11-15-10(19-16-11)5-4-6-13-12(18)14-7-9(3)17/h8-9,17H,4-7H2,1-3H3,(H2,13,14,18)/t9-/m1/s1. The van der Waals surface area contributed by atoms with Crippen LogP contribution in [0.2, 0.25) is 0 Å². The van der Waals surface area contributed by atoms with Crippen LogP contribution in [0.1, 0.15) is 44.8 Å². The number of rotatable bonds is 7. The fraction of sp³-hybridized carbons (Fsp3) is 0.750. The zero-order valence-corrected chi connectivity index (χ0v) is 11.6. The lowest BCUT2D eigenvalue weighted by atomic mass is 10.2. The van der Waals surface area contributed by atoms with Gasteiger partial charge in [-0.1, -0.05) is 19.0 Å². The molecule has 0 saturated heterocycles. The Balaban J connectivity index is 2.14. The maximum atomic E-state index is 11.3. The van der Waals surface area contributed by atoms with E-state index < -0.39 is 6.10 Å². The Hall–Kier alpha value is -1.63. The van der Waals surface area contributed by atoms with E-state index in [1.807, 2.05) is 13.8 Å². The van der Waals surface area contributed by atoms with Crippen molar-refractivity contribution in [2.45, 2.75) is 45.6 Å². The molecular weight excluding hydrogens is 248 g/mol. The number of aliphatic hydroxyl groups excluding tert-OH is 1. The van der Waals surface area contributed by atoms with Crippen molar-refractivity contribution in [2.75, 3.05) is 13.1 Å². The first-order chi connectivity index (χ1) is 8.99. The van der Waals surface area contributed by atoms with E-state index in [2.05, 4.69) is 20.8 Å². The Morgan fingerprint density at radius 3 is 2.68 bits per heavy atom. The molecule has 1 aromatic rings. The van der Waals surface area contributed by atoms with E-state index in [4.69, 9.17) is 9.63 Å². The second-order valence-electron chi connectivity index (χ2n) is 4.79. The number of nitrogens with one attached hydrogen (secondary N) is 2. The van der Waals surface area contributed by atoms with E-state index in [-0.39, 0.29) is 18.5 Å². The van der Waals surface area contributed by atoms with Crippen molar-refractivity contribution in [1.82, 2.24) is 20.8 Å². The number of amides is 2. The number of carbonyl (C=O) groups is 1. The Kier molecular flexibility index (Phi) is 6.27. The molecule has 1 aromatic heterocycles. The molecule has 0 radical (unpaired) electrons. The van der Waals surface area contributed by atoms with Gasteiger partial charge < -0.3 is 20.3 Å². The predicted octanol–water partition coefficient (Wildman–Crippen LogP) is 0.806. The van der Waals surface area contributed by atoms with E-state index in [0.717, 1.165) is 6.42 Å².